The minimum atomic E-state index is 0.263. The van der Waals surface area contributed by atoms with Gasteiger partial charge in [0.05, 0.1) is 21.4 Å². The Bertz CT molecular complexity index is 572. The molecule has 0 N–H and O–H groups in total. The summed E-state index contributed by atoms with van der Waals surface area (Å²) < 4.78 is 11.8. The molecule has 0 bridgehead atoms. The predicted molar refractivity (Wildman–Crippen MR) is 69.4 cm³/mol. The maximum Gasteiger partial charge on any atom is 0.232 e. The number of nitrogens with zero attached hydrogens (tertiary/aromatic N) is 2. The Labute approximate surface area is 112 Å². The summed E-state index contributed by atoms with van der Waals surface area (Å²) in [6.07, 6.45) is 1.65. The van der Waals surface area contributed by atoms with Gasteiger partial charge in [0.15, 0.2) is 6.61 Å². The highest BCUT2D eigenvalue weighted by molar-refractivity contribution is 14.1. The second-order valence-electron chi connectivity index (χ2n) is 3.41. The van der Waals surface area contributed by atoms with E-state index in [1.807, 2.05) is 13.0 Å². The highest BCUT2D eigenvalue weighted by Crippen LogP contribution is 2.23. The zero-order chi connectivity index (χ0) is 12.3. The summed E-state index contributed by atoms with van der Waals surface area (Å²) in [6.45, 7) is 2.09. The molecule has 0 aliphatic rings. The number of nitriles is 1. The molecule has 0 spiro atoms. The van der Waals surface area contributed by atoms with Crippen molar-refractivity contribution in [2.75, 3.05) is 0 Å². The van der Waals surface area contributed by atoms with Crippen LogP contribution in [0.2, 0.25) is 0 Å². The molecule has 2 aromatic rings. The Morgan fingerprint density at radius 3 is 3.00 bits per heavy atom. The molecule has 5 heteroatoms. The third kappa shape index (κ3) is 2.97. The molecular weight excluding hydrogens is 331 g/mol. The zero-order valence-electron chi connectivity index (χ0n) is 9.11. The molecule has 86 valence electrons. The fourth-order valence-corrected chi connectivity index (χ4v) is 1.78. The monoisotopic (exact) mass is 340 g/mol. The van der Waals surface area contributed by atoms with Crippen LogP contribution < -0.4 is 4.74 Å². The minimum absolute atomic E-state index is 0.263. The van der Waals surface area contributed by atoms with Gasteiger partial charge in [-0.1, -0.05) is 0 Å². The van der Waals surface area contributed by atoms with Crippen LogP contribution in [0, 0.1) is 21.8 Å². The quantitative estimate of drug-likeness (QED) is 0.806. The van der Waals surface area contributed by atoms with Crippen molar-refractivity contribution in [3.05, 3.63) is 45.2 Å². The molecule has 1 aromatic heterocycles. The summed E-state index contributed by atoms with van der Waals surface area (Å²) in [5.74, 6) is 1.95. The fourth-order valence-electron chi connectivity index (χ4n) is 1.29. The molecule has 0 radical (unpaired) electrons. The number of oxazole rings is 1. The number of benzene rings is 1. The van der Waals surface area contributed by atoms with Crippen LogP contribution in [0.4, 0.5) is 0 Å². The van der Waals surface area contributed by atoms with Crippen molar-refractivity contribution < 1.29 is 9.15 Å². The highest BCUT2D eigenvalue weighted by Gasteiger charge is 2.06. The Balaban J connectivity index is 2.11. The summed E-state index contributed by atoms with van der Waals surface area (Å²) in [4.78, 5) is 4.04. The number of hydrogen-bond donors (Lipinski definition) is 0. The molecule has 1 heterocycles. The largest absolute Gasteiger partial charge is 0.483 e. The van der Waals surface area contributed by atoms with Crippen LogP contribution >= 0.6 is 22.6 Å². The van der Waals surface area contributed by atoms with Crippen molar-refractivity contribution in [2.45, 2.75) is 13.5 Å². The summed E-state index contributed by atoms with van der Waals surface area (Å²) >= 11 is 2.16. The minimum Gasteiger partial charge on any atom is -0.483 e. The van der Waals surface area contributed by atoms with E-state index >= 15 is 0 Å². The van der Waals surface area contributed by atoms with Gasteiger partial charge in [-0.05, 0) is 47.7 Å². The van der Waals surface area contributed by atoms with Gasteiger partial charge in [0, 0.05) is 0 Å². The number of rotatable bonds is 3. The second kappa shape index (κ2) is 5.19. The fraction of sp³-hybridized carbons (Fsp3) is 0.167. The lowest BCUT2D eigenvalue weighted by Gasteiger charge is -2.06. The smallest absolute Gasteiger partial charge is 0.232 e. The van der Waals surface area contributed by atoms with E-state index in [1.165, 1.54) is 0 Å². The molecule has 0 atom stereocenters. The van der Waals surface area contributed by atoms with Crippen LogP contribution in [0.15, 0.2) is 28.8 Å². The van der Waals surface area contributed by atoms with Gasteiger partial charge in [0.25, 0.3) is 0 Å². The number of aromatic nitrogens is 1. The molecular formula is C12H9IN2O2. The number of hydrogen-bond acceptors (Lipinski definition) is 4. The van der Waals surface area contributed by atoms with Crippen molar-refractivity contribution >= 4 is 22.6 Å². The Hall–Kier alpha value is -1.55. The lowest BCUT2D eigenvalue weighted by Crippen LogP contribution is -1.97. The van der Waals surface area contributed by atoms with Crippen LogP contribution in [0.5, 0.6) is 5.75 Å². The summed E-state index contributed by atoms with van der Waals surface area (Å²) in [7, 11) is 0. The first-order chi connectivity index (χ1) is 8.19. The molecule has 0 saturated heterocycles. The third-order valence-electron chi connectivity index (χ3n) is 2.08. The van der Waals surface area contributed by atoms with Gasteiger partial charge in [-0.3, -0.25) is 0 Å². The van der Waals surface area contributed by atoms with Crippen molar-refractivity contribution in [3.63, 3.8) is 0 Å². The summed E-state index contributed by atoms with van der Waals surface area (Å²) in [5, 5.41) is 8.80. The molecule has 17 heavy (non-hydrogen) atoms. The van der Waals surface area contributed by atoms with Gasteiger partial charge in [0.2, 0.25) is 5.89 Å². The average molecular weight is 340 g/mol. The Morgan fingerprint density at radius 1 is 1.53 bits per heavy atom. The number of aryl methyl sites for hydroxylation is 1. The van der Waals surface area contributed by atoms with Crippen molar-refractivity contribution in [3.8, 4) is 11.8 Å². The van der Waals surface area contributed by atoms with Gasteiger partial charge in [-0.25, -0.2) is 4.98 Å². The van der Waals surface area contributed by atoms with E-state index in [4.69, 9.17) is 14.4 Å². The first kappa shape index (κ1) is 11.9. The third-order valence-corrected chi connectivity index (χ3v) is 2.97. The topological polar surface area (TPSA) is 59.0 Å². The lowest BCUT2D eigenvalue weighted by molar-refractivity contribution is 0.258. The molecule has 1 aromatic carbocycles. The maximum absolute atomic E-state index is 8.80. The van der Waals surface area contributed by atoms with E-state index in [0.29, 0.717) is 17.2 Å². The first-order valence-electron chi connectivity index (χ1n) is 4.93. The standard InChI is InChI=1S/C12H9IN2O2/c1-8-6-15-12(17-8)7-16-11-4-9(5-14)2-3-10(11)13/h2-4,6H,7H2,1H3. The Kier molecular flexibility index (Phi) is 3.64. The molecule has 0 fully saturated rings. The number of halogens is 1. The number of ether oxygens (including phenoxy) is 1. The van der Waals surface area contributed by atoms with E-state index in [9.17, 15) is 0 Å². The molecule has 0 unspecified atom stereocenters. The van der Waals surface area contributed by atoms with Crippen LogP contribution in [0.1, 0.15) is 17.2 Å². The zero-order valence-corrected chi connectivity index (χ0v) is 11.3. The molecule has 0 aliphatic carbocycles. The van der Waals surface area contributed by atoms with Gasteiger partial charge in [-0.2, -0.15) is 5.26 Å². The average Bonchev–Trinajstić information content (AvgIpc) is 2.74. The van der Waals surface area contributed by atoms with Gasteiger partial charge in [-0.15, -0.1) is 0 Å². The van der Waals surface area contributed by atoms with Crippen LogP contribution in [-0.4, -0.2) is 4.98 Å². The van der Waals surface area contributed by atoms with Crippen LogP contribution in [0.3, 0.4) is 0 Å². The van der Waals surface area contributed by atoms with E-state index < -0.39 is 0 Å². The van der Waals surface area contributed by atoms with Crippen LogP contribution in [0.25, 0.3) is 0 Å². The van der Waals surface area contributed by atoms with E-state index in [-0.39, 0.29) is 6.61 Å². The SMILES string of the molecule is Cc1cnc(COc2cc(C#N)ccc2I)o1. The normalized spacial score (nSPS) is 9.94. The summed E-state index contributed by atoms with van der Waals surface area (Å²) in [6, 6.07) is 7.38. The van der Waals surface area contributed by atoms with Crippen molar-refractivity contribution in [2.24, 2.45) is 0 Å². The molecule has 2 rings (SSSR count). The molecule has 4 nitrogen and oxygen atoms in total. The molecule has 0 amide bonds. The maximum atomic E-state index is 8.80. The van der Waals surface area contributed by atoms with Crippen LogP contribution in [-0.2, 0) is 6.61 Å². The van der Waals surface area contributed by atoms with E-state index in [0.717, 1.165) is 9.33 Å². The Morgan fingerprint density at radius 2 is 2.35 bits per heavy atom. The van der Waals surface area contributed by atoms with Gasteiger partial charge in [0.1, 0.15) is 11.5 Å². The first-order valence-corrected chi connectivity index (χ1v) is 6.00. The van der Waals surface area contributed by atoms with Crippen molar-refractivity contribution in [1.29, 1.82) is 5.26 Å². The van der Waals surface area contributed by atoms with E-state index in [2.05, 4.69) is 33.6 Å². The van der Waals surface area contributed by atoms with Crippen molar-refractivity contribution in [1.82, 2.24) is 4.98 Å². The van der Waals surface area contributed by atoms with Gasteiger partial charge < -0.3 is 9.15 Å². The lowest BCUT2D eigenvalue weighted by atomic mass is 10.2. The van der Waals surface area contributed by atoms with Gasteiger partial charge >= 0.3 is 0 Å². The predicted octanol–water partition coefficient (Wildman–Crippen LogP) is 3.04. The second-order valence-corrected chi connectivity index (χ2v) is 4.57. The molecule has 0 aliphatic heterocycles. The van der Waals surface area contributed by atoms with E-state index in [1.54, 1.807) is 18.3 Å². The highest BCUT2D eigenvalue weighted by atomic mass is 127. The summed E-state index contributed by atoms with van der Waals surface area (Å²) in [5.41, 5.74) is 0.573. The molecule has 0 saturated carbocycles.